The van der Waals surface area contributed by atoms with Gasteiger partial charge in [-0.25, -0.2) is 4.98 Å². The fraction of sp³-hybridized carbons (Fsp3) is 0.412. The van der Waals surface area contributed by atoms with Crippen LogP contribution in [0.3, 0.4) is 0 Å². The van der Waals surface area contributed by atoms with E-state index in [1.165, 1.54) is 6.20 Å². The molecule has 2 aromatic rings. The highest BCUT2D eigenvalue weighted by atomic mass is 35.5. The van der Waals surface area contributed by atoms with Crippen molar-refractivity contribution in [1.29, 1.82) is 0 Å². The van der Waals surface area contributed by atoms with Crippen LogP contribution in [0.25, 0.3) is 0 Å². The van der Waals surface area contributed by atoms with Crippen molar-refractivity contribution in [3.05, 3.63) is 63.3 Å². The summed E-state index contributed by atoms with van der Waals surface area (Å²) in [7, 11) is 0. The molecule has 5 heteroatoms. The summed E-state index contributed by atoms with van der Waals surface area (Å²) in [6.07, 6.45) is 3.35. The van der Waals surface area contributed by atoms with Gasteiger partial charge < -0.3 is 5.32 Å². The predicted molar refractivity (Wildman–Crippen MR) is 90.4 cm³/mol. The van der Waals surface area contributed by atoms with E-state index in [-0.39, 0.29) is 16.6 Å². The number of rotatable bonds is 7. The van der Waals surface area contributed by atoms with E-state index in [0.29, 0.717) is 6.54 Å². The average Bonchev–Trinajstić information content (AvgIpc) is 2.55. The Hall–Kier alpha value is -1.65. The van der Waals surface area contributed by atoms with E-state index in [1.54, 1.807) is 4.57 Å². The minimum Gasteiger partial charge on any atom is -0.307 e. The van der Waals surface area contributed by atoms with E-state index in [9.17, 15) is 4.79 Å². The molecule has 1 unspecified atom stereocenters. The van der Waals surface area contributed by atoms with Crippen LogP contribution in [0.5, 0.6) is 0 Å². The first kappa shape index (κ1) is 16.7. The molecule has 0 spiro atoms. The third-order valence-corrected chi connectivity index (χ3v) is 3.84. The van der Waals surface area contributed by atoms with Crippen LogP contribution in [0, 0.1) is 0 Å². The number of benzene rings is 1. The van der Waals surface area contributed by atoms with Crippen LogP contribution in [0.15, 0.2) is 41.3 Å². The van der Waals surface area contributed by atoms with Crippen LogP contribution in [0.1, 0.15) is 44.1 Å². The van der Waals surface area contributed by atoms with Crippen LogP contribution >= 0.6 is 11.6 Å². The minimum atomic E-state index is -0.188. The van der Waals surface area contributed by atoms with E-state index >= 15 is 0 Å². The topological polar surface area (TPSA) is 46.9 Å². The Morgan fingerprint density at radius 2 is 2.00 bits per heavy atom. The van der Waals surface area contributed by atoms with Crippen molar-refractivity contribution >= 4 is 11.6 Å². The normalized spacial score (nSPS) is 12.3. The largest absolute Gasteiger partial charge is 0.307 e. The Bertz CT molecular complexity index is 655. The Morgan fingerprint density at radius 1 is 1.27 bits per heavy atom. The number of nitrogens with one attached hydrogen (secondary N) is 1. The van der Waals surface area contributed by atoms with Crippen molar-refractivity contribution in [3.8, 4) is 0 Å². The van der Waals surface area contributed by atoms with E-state index in [2.05, 4.69) is 24.1 Å². The van der Waals surface area contributed by atoms with Gasteiger partial charge in [-0.1, -0.05) is 55.8 Å². The summed E-state index contributed by atoms with van der Waals surface area (Å²) in [6, 6.07) is 9.93. The summed E-state index contributed by atoms with van der Waals surface area (Å²) in [5, 5.41) is 3.60. The van der Waals surface area contributed by atoms with E-state index < -0.39 is 0 Å². The summed E-state index contributed by atoms with van der Waals surface area (Å²) in [6.45, 7) is 5.57. The molecule has 0 aliphatic rings. The Balaban J connectivity index is 2.41. The van der Waals surface area contributed by atoms with Gasteiger partial charge in [-0.15, -0.1) is 0 Å². The van der Waals surface area contributed by atoms with Gasteiger partial charge in [0.1, 0.15) is 10.8 Å². The van der Waals surface area contributed by atoms with Crippen molar-refractivity contribution in [1.82, 2.24) is 14.9 Å². The van der Waals surface area contributed by atoms with Crippen molar-refractivity contribution in [3.63, 3.8) is 0 Å². The van der Waals surface area contributed by atoms with Crippen LogP contribution in [-0.4, -0.2) is 16.1 Å². The second kappa shape index (κ2) is 8.11. The molecule has 1 aromatic carbocycles. The fourth-order valence-electron chi connectivity index (χ4n) is 2.41. The van der Waals surface area contributed by atoms with Gasteiger partial charge in [-0.3, -0.25) is 9.36 Å². The van der Waals surface area contributed by atoms with Gasteiger partial charge in [0.05, 0.1) is 18.8 Å². The standard InChI is InChI=1S/C17H22ClN3O/c1-3-10-19-15(4-2)16-20-11-14(18)17(22)21(16)12-13-8-6-5-7-9-13/h5-9,11,15,19H,3-4,10,12H2,1-2H3. The molecule has 0 aliphatic carbocycles. The zero-order valence-corrected chi connectivity index (χ0v) is 13.8. The third kappa shape index (κ3) is 3.96. The summed E-state index contributed by atoms with van der Waals surface area (Å²) in [5.74, 6) is 0.745. The smallest absolute Gasteiger partial charge is 0.272 e. The summed E-state index contributed by atoms with van der Waals surface area (Å²) >= 11 is 5.99. The molecule has 118 valence electrons. The Labute approximate surface area is 136 Å². The molecule has 0 radical (unpaired) electrons. The molecule has 0 amide bonds. The van der Waals surface area contributed by atoms with Gasteiger partial charge in [0.15, 0.2) is 0 Å². The van der Waals surface area contributed by atoms with Gasteiger partial charge in [-0.05, 0) is 24.9 Å². The molecule has 2 rings (SSSR count). The number of nitrogens with zero attached hydrogens (tertiary/aromatic N) is 2. The van der Waals surface area contributed by atoms with E-state index in [0.717, 1.165) is 30.8 Å². The summed E-state index contributed by atoms with van der Waals surface area (Å²) in [4.78, 5) is 16.9. The fourth-order valence-corrected chi connectivity index (χ4v) is 2.57. The molecular formula is C17H22ClN3O. The molecule has 0 saturated carbocycles. The highest BCUT2D eigenvalue weighted by Crippen LogP contribution is 2.15. The van der Waals surface area contributed by atoms with Gasteiger partial charge in [0.2, 0.25) is 0 Å². The molecule has 0 bridgehead atoms. The van der Waals surface area contributed by atoms with Crippen molar-refractivity contribution in [2.75, 3.05) is 6.54 Å². The summed E-state index contributed by atoms with van der Waals surface area (Å²) in [5.41, 5.74) is 0.868. The number of halogens is 1. The number of hydrogen-bond donors (Lipinski definition) is 1. The van der Waals surface area contributed by atoms with Crippen molar-refractivity contribution in [2.45, 2.75) is 39.3 Å². The first-order chi connectivity index (χ1) is 10.7. The molecule has 22 heavy (non-hydrogen) atoms. The molecule has 0 fully saturated rings. The number of aromatic nitrogens is 2. The first-order valence-electron chi connectivity index (χ1n) is 7.69. The molecule has 1 aromatic heterocycles. The van der Waals surface area contributed by atoms with Gasteiger partial charge >= 0.3 is 0 Å². The molecule has 0 saturated heterocycles. The van der Waals surface area contributed by atoms with Crippen LogP contribution in [-0.2, 0) is 6.54 Å². The summed E-state index contributed by atoms with van der Waals surface area (Å²) < 4.78 is 1.68. The van der Waals surface area contributed by atoms with Crippen molar-refractivity contribution in [2.24, 2.45) is 0 Å². The van der Waals surface area contributed by atoms with E-state index in [4.69, 9.17) is 11.6 Å². The molecule has 1 heterocycles. The van der Waals surface area contributed by atoms with Crippen molar-refractivity contribution < 1.29 is 0 Å². The molecule has 4 nitrogen and oxygen atoms in total. The molecule has 0 aliphatic heterocycles. The average molecular weight is 320 g/mol. The third-order valence-electron chi connectivity index (χ3n) is 3.58. The Morgan fingerprint density at radius 3 is 2.64 bits per heavy atom. The maximum absolute atomic E-state index is 12.5. The highest BCUT2D eigenvalue weighted by Gasteiger charge is 2.17. The lowest BCUT2D eigenvalue weighted by Gasteiger charge is -2.20. The SMILES string of the molecule is CCCNC(CC)c1ncc(Cl)c(=O)n1Cc1ccccc1. The molecular weight excluding hydrogens is 298 g/mol. The Kier molecular flexibility index (Phi) is 6.16. The minimum absolute atomic E-state index is 0.0497. The first-order valence-corrected chi connectivity index (χ1v) is 8.07. The second-order valence-corrected chi connectivity index (χ2v) is 5.66. The van der Waals surface area contributed by atoms with Gasteiger partial charge in [0.25, 0.3) is 5.56 Å². The lowest BCUT2D eigenvalue weighted by atomic mass is 10.1. The highest BCUT2D eigenvalue weighted by molar-refractivity contribution is 6.30. The van der Waals surface area contributed by atoms with Crippen LogP contribution in [0.2, 0.25) is 5.02 Å². The van der Waals surface area contributed by atoms with Gasteiger partial charge in [-0.2, -0.15) is 0 Å². The van der Waals surface area contributed by atoms with Crippen LogP contribution in [0.4, 0.5) is 0 Å². The van der Waals surface area contributed by atoms with E-state index in [1.807, 2.05) is 30.3 Å². The van der Waals surface area contributed by atoms with Crippen LogP contribution < -0.4 is 10.9 Å². The molecule has 1 atom stereocenters. The van der Waals surface area contributed by atoms with Gasteiger partial charge in [0, 0.05) is 0 Å². The molecule has 1 N–H and O–H groups in total. The predicted octanol–water partition coefficient (Wildman–Crippen LogP) is 3.40. The maximum Gasteiger partial charge on any atom is 0.272 e. The second-order valence-electron chi connectivity index (χ2n) is 5.26. The zero-order chi connectivity index (χ0) is 15.9. The lowest BCUT2D eigenvalue weighted by molar-refractivity contribution is 0.464. The lowest BCUT2D eigenvalue weighted by Crippen LogP contribution is -2.32. The monoisotopic (exact) mass is 319 g/mol. The zero-order valence-electron chi connectivity index (χ0n) is 13.1. The quantitative estimate of drug-likeness (QED) is 0.851. The number of hydrogen-bond acceptors (Lipinski definition) is 3. The maximum atomic E-state index is 12.5.